The zero-order valence-electron chi connectivity index (χ0n) is 18.7. The van der Waals surface area contributed by atoms with Crippen LogP contribution >= 0.6 is 0 Å². The summed E-state index contributed by atoms with van der Waals surface area (Å²) >= 11 is 0. The number of aromatic nitrogens is 6. The smallest absolute Gasteiger partial charge is 0.160 e. The molecule has 7 heteroatoms. The summed E-state index contributed by atoms with van der Waals surface area (Å²) in [6, 6.07) is 36.4. The summed E-state index contributed by atoms with van der Waals surface area (Å²) in [6.07, 6.45) is 6.49. The molecule has 0 aliphatic heterocycles. The van der Waals surface area contributed by atoms with Gasteiger partial charge in [-0.05, 0) is 18.6 Å². The standard InChI is InChI=1S/C28H21N6.Cr/c1-4-10-22(11-5-1)25-16-19-32(29-25)28(33-20-17-26(30-33)23-12-6-2-7-13-23)34-21-18-27(31-34)24-14-8-3-9-15-24;/h1-21H;/q-1;. The van der Waals surface area contributed by atoms with Gasteiger partial charge in [-0.3, -0.25) is 14.0 Å². The van der Waals surface area contributed by atoms with E-state index < -0.39 is 0 Å². The minimum atomic E-state index is 0. The van der Waals surface area contributed by atoms with Crippen molar-refractivity contribution >= 4 is 0 Å². The van der Waals surface area contributed by atoms with Gasteiger partial charge >= 0.3 is 0 Å². The molecule has 3 aromatic carbocycles. The average Bonchev–Trinajstić information content (AvgIpc) is 3.68. The number of rotatable bonds is 6. The number of benzene rings is 3. The van der Waals surface area contributed by atoms with Crippen molar-refractivity contribution < 1.29 is 17.4 Å². The molecule has 0 amide bonds. The van der Waals surface area contributed by atoms with E-state index in [1.54, 1.807) is 0 Å². The maximum atomic E-state index is 4.86. The largest absolute Gasteiger partial charge is 0.286 e. The zero-order chi connectivity index (χ0) is 22.7. The summed E-state index contributed by atoms with van der Waals surface area (Å²) in [7, 11) is 0. The number of nitrogens with zero attached hydrogens (tertiary/aromatic N) is 6. The number of hydrogen-bond acceptors (Lipinski definition) is 3. The van der Waals surface area contributed by atoms with Gasteiger partial charge in [0.2, 0.25) is 0 Å². The molecule has 0 aliphatic carbocycles. The third-order valence-electron chi connectivity index (χ3n) is 5.59. The van der Waals surface area contributed by atoms with Gasteiger partial charge in [-0.25, -0.2) is 0 Å². The van der Waals surface area contributed by atoms with Crippen LogP contribution in [0.4, 0.5) is 0 Å². The first-order valence-corrected chi connectivity index (χ1v) is 11.1. The van der Waals surface area contributed by atoms with Gasteiger partial charge in [0, 0.05) is 34.1 Å². The molecule has 0 aliphatic rings. The molecule has 0 saturated heterocycles. The third kappa shape index (κ3) is 4.56. The van der Waals surface area contributed by atoms with Crippen LogP contribution in [0.2, 0.25) is 0 Å². The van der Waals surface area contributed by atoms with E-state index in [9.17, 15) is 0 Å². The van der Waals surface area contributed by atoms with E-state index >= 15 is 0 Å². The van der Waals surface area contributed by atoms with Gasteiger partial charge in [0.25, 0.3) is 0 Å². The molecule has 0 bridgehead atoms. The van der Waals surface area contributed by atoms with Crippen molar-refractivity contribution in [3.05, 3.63) is 134 Å². The van der Waals surface area contributed by atoms with Crippen molar-refractivity contribution in [2.45, 2.75) is 0 Å². The fourth-order valence-electron chi connectivity index (χ4n) is 3.91. The van der Waals surface area contributed by atoms with Crippen LogP contribution in [0, 0.1) is 6.29 Å². The maximum absolute atomic E-state index is 4.86. The molecule has 6 nitrogen and oxygen atoms in total. The quantitative estimate of drug-likeness (QED) is 0.281. The first-order valence-electron chi connectivity index (χ1n) is 11.1. The van der Waals surface area contributed by atoms with Crippen LogP contribution in [0.3, 0.4) is 0 Å². The molecule has 6 aromatic rings. The second-order valence-electron chi connectivity index (χ2n) is 7.83. The molecule has 0 N–H and O–H groups in total. The molecular formula is C28H21CrN6-. The van der Waals surface area contributed by atoms with E-state index in [2.05, 4.69) is 36.4 Å². The molecule has 3 heterocycles. The van der Waals surface area contributed by atoms with Crippen molar-refractivity contribution in [1.82, 2.24) is 29.3 Å². The second-order valence-corrected chi connectivity index (χ2v) is 7.83. The Morgan fingerprint density at radius 2 is 0.686 bits per heavy atom. The molecule has 0 fully saturated rings. The Kier molecular flexibility index (Phi) is 6.36. The van der Waals surface area contributed by atoms with Crippen LogP contribution in [-0.2, 0) is 17.4 Å². The zero-order valence-corrected chi connectivity index (χ0v) is 20.0. The van der Waals surface area contributed by atoms with E-state index in [1.165, 1.54) is 0 Å². The van der Waals surface area contributed by atoms with Crippen molar-refractivity contribution in [3.63, 3.8) is 0 Å². The normalized spacial score (nSPS) is 10.6. The summed E-state index contributed by atoms with van der Waals surface area (Å²) in [6.45, 7) is 0. The molecule has 170 valence electrons. The van der Waals surface area contributed by atoms with Gasteiger partial charge in [-0.2, -0.15) is 15.3 Å². The van der Waals surface area contributed by atoms with Gasteiger partial charge in [-0.1, -0.05) is 109 Å². The van der Waals surface area contributed by atoms with Crippen LogP contribution in [0.25, 0.3) is 33.8 Å². The van der Waals surface area contributed by atoms with Crippen molar-refractivity contribution in [3.8, 4) is 33.8 Å². The Morgan fingerprint density at radius 3 is 0.971 bits per heavy atom. The van der Waals surface area contributed by atoms with E-state index in [0.29, 0.717) is 6.29 Å². The molecule has 6 rings (SSSR count). The second kappa shape index (κ2) is 9.90. The summed E-state index contributed by atoms with van der Waals surface area (Å²) in [4.78, 5) is 0. The van der Waals surface area contributed by atoms with Gasteiger partial charge in [0.1, 0.15) is 0 Å². The topological polar surface area (TPSA) is 53.5 Å². The summed E-state index contributed by atoms with van der Waals surface area (Å²) in [5, 5.41) is 14.6. The maximum Gasteiger partial charge on any atom is 0.160 e. The van der Waals surface area contributed by atoms with E-state index in [1.807, 2.05) is 105 Å². The van der Waals surface area contributed by atoms with Crippen molar-refractivity contribution in [2.24, 2.45) is 0 Å². The van der Waals surface area contributed by atoms with Crippen LogP contribution in [0.5, 0.6) is 0 Å². The molecule has 0 unspecified atom stereocenters. The van der Waals surface area contributed by atoms with Gasteiger partial charge in [-0.15, -0.1) is 0 Å². The van der Waals surface area contributed by atoms with Crippen LogP contribution in [0.15, 0.2) is 128 Å². The Labute approximate surface area is 214 Å². The first kappa shape index (κ1) is 22.5. The van der Waals surface area contributed by atoms with E-state index in [-0.39, 0.29) is 17.4 Å². The molecule has 0 radical (unpaired) electrons. The van der Waals surface area contributed by atoms with E-state index in [0.717, 1.165) is 33.8 Å². The number of hydrogen-bond donors (Lipinski definition) is 0. The molecule has 35 heavy (non-hydrogen) atoms. The van der Waals surface area contributed by atoms with Crippen LogP contribution in [0.1, 0.15) is 0 Å². The summed E-state index contributed by atoms with van der Waals surface area (Å²) < 4.78 is 5.43. The van der Waals surface area contributed by atoms with Crippen molar-refractivity contribution in [2.75, 3.05) is 0 Å². The monoisotopic (exact) mass is 493 g/mol. The first-order chi connectivity index (χ1) is 16.8. The predicted molar refractivity (Wildman–Crippen MR) is 132 cm³/mol. The molecular weight excluding hydrogens is 472 g/mol. The van der Waals surface area contributed by atoms with Gasteiger partial charge in [0.05, 0.1) is 17.1 Å². The summed E-state index contributed by atoms with van der Waals surface area (Å²) in [5.41, 5.74) is 5.79. The predicted octanol–water partition coefficient (Wildman–Crippen LogP) is 5.67. The molecule has 3 aromatic heterocycles. The van der Waals surface area contributed by atoms with Crippen LogP contribution in [-0.4, -0.2) is 29.3 Å². The van der Waals surface area contributed by atoms with E-state index in [4.69, 9.17) is 15.3 Å². The van der Waals surface area contributed by atoms with Crippen LogP contribution < -0.4 is 0 Å². The SMILES string of the molecule is [Cr].c1ccc(-c2ccn([C-](n3ccc(-c4ccccc4)n3)n3ccc(-c4ccccc4)n3)n2)cc1. The average molecular weight is 494 g/mol. The minimum Gasteiger partial charge on any atom is -0.286 e. The third-order valence-corrected chi connectivity index (χ3v) is 5.59. The Balaban J connectivity index is 0.00000253. The molecule has 0 spiro atoms. The summed E-state index contributed by atoms with van der Waals surface area (Å²) in [5.74, 6) is 0. The molecule has 0 atom stereocenters. The van der Waals surface area contributed by atoms with Gasteiger partial charge < -0.3 is 0 Å². The Bertz CT molecular complexity index is 1320. The fourth-order valence-corrected chi connectivity index (χ4v) is 3.91. The Morgan fingerprint density at radius 1 is 0.400 bits per heavy atom. The molecule has 0 saturated carbocycles. The van der Waals surface area contributed by atoms with Gasteiger partial charge in [0.15, 0.2) is 6.29 Å². The Hall–Kier alpha value is -4.31. The fraction of sp³-hybridized carbons (Fsp3) is 0. The van der Waals surface area contributed by atoms with Crippen molar-refractivity contribution in [1.29, 1.82) is 0 Å². The minimum absolute atomic E-state index is 0.